The SMILES string of the molecule is CCOc1ccc(NC(=O)COC(=O)c2cccc(NC(C)=O)c2)cc1OCC. The summed E-state index contributed by atoms with van der Waals surface area (Å²) in [6.07, 6.45) is 0. The fraction of sp³-hybridized carbons (Fsp3) is 0.286. The molecule has 2 aromatic rings. The van der Waals surface area contributed by atoms with Gasteiger partial charge in [0.25, 0.3) is 5.91 Å². The van der Waals surface area contributed by atoms with Gasteiger partial charge in [-0.25, -0.2) is 4.79 Å². The highest BCUT2D eigenvalue weighted by atomic mass is 16.5. The molecule has 0 unspecified atom stereocenters. The van der Waals surface area contributed by atoms with Gasteiger partial charge in [-0.05, 0) is 44.2 Å². The molecule has 0 fully saturated rings. The normalized spacial score (nSPS) is 10.0. The van der Waals surface area contributed by atoms with Crippen LogP contribution in [-0.4, -0.2) is 37.6 Å². The Morgan fingerprint density at radius 3 is 2.24 bits per heavy atom. The van der Waals surface area contributed by atoms with Gasteiger partial charge in [0, 0.05) is 24.4 Å². The van der Waals surface area contributed by atoms with Gasteiger partial charge in [-0.3, -0.25) is 9.59 Å². The largest absolute Gasteiger partial charge is 0.490 e. The third-order valence-corrected chi connectivity index (χ3v) is 3.58. The van der Waals surface area contributed by atoms with Gasteiger partial charge in [0.1, 0.15) is 0 Å². The number of carbonyl (C=O) groups excluding carboxylic acids is 3. The summed E-state index contributed by atoms with van der Waals surface area (Å²) in [5.41, 5.74) is 1.18. The predicted octanol–water partition coefficient (Wildman–Crippen LogP) is 3.24. The Kier molecular flexibility index (Phi) is 8.02. The van der Waals surface area contributed by atoms with Crippen molar-refractivity contribution in [3.63, 3.8) is 0 Å². The van der Waals surface area contributed by atoms with Crippen LogP contribution in [0.1, 0.15) is 31.1 Å². The third kappa shape index (κ3) is 6.84. The van der Waals surface area contributed by atoms with Crippen LogP contribution in [0.3, 0.4) is 0 Å². The molecule has 0 saturated carbocycles. The molecule has 8 heteroatoms. The highest BCUT2D eigenvalue weighted by Gasteiger charge is 2.13. The van der Waals surface area contributed by atoms with Gasteiger partial charge in [0.15, 0.2) is 18.1 Å². The first-order chi connectivity index (χ1) is 13.9. The van der Waals surface area contributed by atoms with Crippen LogP contribution < -0.4 is 20.1 Å². The van der Waals surface area contributed by atoms with Crippen molar-refractivity contribution in [1.29, 1.82) is 0 Å². The quantitative estimate of drug-likeness (QED) is 0.627. The first-order valence-electron chi connectivity index (χ1n) is 9.17. The highest BCUT2D eigenvalue weighted by Crippen LogP contribution is 2.30. The number of hydrogen-bond donors (Lipinski definition) is 2. The summed E-state index contributed by atoms with van der Waals surface area (Å²) in [5, 5.41) is 5.22. The number of carbonyl (C=O) groups is 3. The molecule has 0 aliphatic heterocycles. The zero-order chi connectivity index (χ0) is 21.2. The van der Waals surface area contributed by atoms with Crippen molar-refractivity contribution in [2.45, 2.75) is 20.8 Å². The van der Waals surface area contributed by atoms with Gasteiger partial charge >= 0.3 is 5.97 Å². The number of hydrogen-bond acceptors (Lipinski definition) is 6. The van der Waals surface area contributed by atoms with Gasteiger partial charge in [-0.2, -0.15) is 0 Å². The molecule has 0 saturated heterocycles. The lowest BCUT2D eigenvalue weighted by atomic mass is 10.2. The fourth-order valence-electron chi connectivity index (χ4n) is 2.47. The molecule has 0 aliphatic carbocycles. The lowest BCUT2D eigenvalue weighted by Crippen LogP contribution is -2.21. The Labute approximate surface area is 169 Å². The average Bonchev–Trinajstić information content (AvgIpc) is 2.68. The molecule has 0 aromatic heterocycles. The maximum absolute atomic E-state index is 12.1. The van der Waals surface area contributed by atoms with Crippen molar-refractivity contribution >= 4 is 29.2 Å². The van der Waals surface area contributed by atoms with Gasteiger partial charge in [0.05, 0.1) is 18.8 Å². The Bertz CT molecular complexity index is 881. The maximum Gasteiger partial charge on any atom is 0.338 e. The molecule has 2 rings (SSSR count). The zero-order valence-electron chi connectivity index (χ0n) is 16.6. The number of anilines is 2. The summed E-state index contributed by atoms with van der Waals surface area (Å²) in [7, 11) is 0. The zero-order valence-corrected chi connectivity index (χ0v) is 16.6. The summed E-state index contributed by atoms with van der Waals surface area (Å²) in [4.78, 5) is 35.4. The smallest absolute Gasteiger partial charge is 0.338 e. The Balaban J connectivity index is 1.95. The molecule has 2 N–H and O–H groups in total. The molecule has 2 aromatic carbocycles. The molecule has 29 heavy (non-hydrogen) atoms. The Morgan fingerprint density at radius 2 is 1.55 bits per heavy atom. The van der Waals surface area contributed by atoms with Crippen molar-refractivity contribution in [2.24, 2.45) is 0 Å². The van der Waals surface area contributed by atoms with Crippen LogP contribution in [0.2, 0.25) is 0 Å². The van der Waals surface area contributed by atoms with E-state index in [1.165, 1.54) is 19.1 Å². The van der Waals surface area contributed by atoms with Crippen molar-refractivity contribution in [3.8, 4) is 11.5 Å². The monoisotopic (exact) mass is 400 g/mol. The minimum absolute atomic E-state index is 0.226. The second kappa shape index (κ2) is 10.7. The molecule has 0 spiro atoms. The van der Waals surface area contributed by atoms with Crippen molar-refractivity contribution in [3.05, 3.63) is 48.0 Å². The summed E-state index contributed by atoms with van der Waals surface area (Å²) in [6, 6.07) is 11.3. The van der Waals surface area contributed by atoms with Gasteiger partial charge in [0.2, 0.25) is 5.91 Å². The van der Waals surface area contributed by atoms with E-state index in [-0.39, 0.29) is 11.5 Å². The van der Waals surface area contributed by atoms with Crippen LogP contribution in [0.5, 0.6) is 11.5 Å². The number of rotatable bonds is 9. The van der Waals surface area contributed by atoms with Crippen LogP contribution in [0.25, 0.3) is 0 Å². The number of ether oxygens (including phenoxy) is 3. The molecule has 8 nitrogen and oxygen atoms in total. The summed E-state index contributed by atoms with van der Waals surface area (Å²) >= 11 is 0. The van der Waals surface area contributed by atoms with E-state index in [2.05, 4.69) is 10.6 Å². The molecular formula is C21H24N2O6. The topological polar surface area (TPSA) is 103 Å². The second-order valence-corrected chi connectivity index (χ2v) is 5.91. The number of nitrogens with one attached hydrogen (secondary N) is 2. The van der Waals surface area contributed by atoms with E-state index in [0.717, 1.165) is 0 Å². The van der Waals surface area contributed by atoms with Crippen LogP contribution in [0, 0.1) is 0 Å². The second-order valence-electron chi connectivity index (χ2n) is 5.91. The molecule has 154 valence electrons. The predicted molar refractivity (Wildman–Crippen MR) is 108 cm³/mol. The van der Waals surface area contributed by atoms with Gasteiger partial charge in [-0.15, -0.1) is 0 Å². The summed E-state index contributed by atoms with van der Waals surface area (Å²) < 4.78 is 16.0. The average molecular weight is 400 g/mol. The Morgan fingerprint density at radius 1 is 0.862 bits per heavy atom. The first-order valence-corrected chi connectivity index (χ1v) is 9.17. The highest BCUT2D eigenvalue weighted by molar-refractivity contribution is 5.97. The molecule has 0 heterocycles. The molecule has 0 bridgehead atoms. The Hall–Kier alpha value is -3.55. The third-order valence-electron chi connectivity index (χ3n) is 3.58. The minimum atomic E-state index is -0.672. The van der Waals surface area contributed by atoms with Crippen LogP contribution in [0.4, 0.5) is 11.4 Å². The van der Waals surface area contributed by atoms with E-state index in [0.29, 0.717) is 36.1 Å². The molecular weight excluding hydrogens is 376 g/mol. The van der Waals surface area contributed by atoms with E-state index >= 15 is 0 Å². The van der Waals surface area contributed by atoms with E-state index < -0.39 is 18.5 Å². The van der Waals surface area contributed by atoms with Crippen LogP contribution >= 0.6 is 0 Å². The minimum Gasteiger partial charge on any atom is -0.490 e. The van der Waals surface area contributed by atoms with Crippen molar-refractivity contribution in [1.82, 2.24) is 0 Å². The lowest BCUT2D eigenvalue weighted by molar-refractivity contribution is -0.119. The number of esters is 1. The molecule has 0 radical (unpaired) electrons. The van der Waals surface area contributed by atoms with E-state index in [1.807, 2.05) is 13.8 Å². The van der Waals surface area contributed by atoms with E-state index in [1.54, 1.807) is 30.3 Å². The van der Waals surface area contributed by atoms with Crippen molar-refractivity contribution < 1.29 is 28.6 Å². The molecule has 0 aliphatic rings. The summed E-state index contributed by atoms with van der Waals surface area (Å²) in [6.45, 7) is 5.57. The summed E-state index contributed by atoms with van der Waals surface area (Å²) in [5.74, 6) is -0.328. The number of benzene rings is 2. The van der Waals surface area contributed by atoms with Gasteiger partial charge < -0.3 is 24.8 Å². The fourth-order valence-corrected chi connectivity index (χ4v) is 2.47. The lowest BCUT2D eigenvalue weighted by Gasteiger charge is -2.13. The first kappa shape index (κ1) is 21.7. The molecule has 2 amide bonds. The van der Waals surface area contributed by atoms with Crippen LogP contribution in [-0.2, 0) is 14.3 Å². The maximum atomic E-state index is 12.1. The van der Waals surface area contributed by atoms with Gasteiger partial charge in [-0.1, -0.05) is 6.07 Å². The van der Waals surface area contributed by atoms with Crippen LogP contribution in [0.15, 0.2) is 42.5 Å². The standard InChI is InChI=1S/C21H24N2O6/c1-4-27-18-10-9-17(12-19(18)28-5-2)23-20(25)13-29-21(26)15-7-6-8-16(11-15)22-14(3)24/h6-12H,4-5,13H2,1-3H3,(H,22,24)(H,23,25). The van der Waals surface area contributed by atoms with E-state index in [9.17, 15) is 14.4 Å². The van der Waals surface area contributed by atoms with E-state index in [4.69, 9.17) is 14.2 Å². The molecule has 0 atom stereocenters. The number of amides is 2. The van der Waals surface area contributed by atoms with Crippen molar-refractivity contribution in [2.75, 3.05) is 30.5 Å².